The average Bonchev–Trinajstić information content (AvgIpc) is 3.37. The summed E-state index contributed by atoms with van der Waals surface area (Å²) in [5, 5.41) is 21.4. The molecule has 0 spiro atoms. The van der Waals surface area contributed by atoms with Crippen LogP contribution in [0, 0.1) is 5.92 Å². The molecule has 10 nitrogen and oxygen atoms in total. The fraction of sp³-hybridized carbons (Fsp3) is 0.542. The van der Waals surface area contributed by atoms with Gasteiger partial charge in [-0.05, 0) is 37.8 Å². The van der Waals surface area contributed by atoms with Crippen LogP contribution in [0.25, 0.3) is 0 Å². The van der Waals surface area contributed by atoms with Crippen molar-refractivity contribution in [2.24, 2.45) is 5.92 Å². The number of nitrogens with zero attached hydrogens (tertiary/aromatic N) is 4. The lowest BCUT2D eigenvalue weighted by atomic mass is 9.95. The lowest BCUT2D eigenvalue weighted by Crippen LogP contribution is -2.39. The predicted molar refractivity (Wildman–Crippen MR) is 129 cm³/mol. The number of aliphatic hydroxyl groups is 1. The quantitative estimate of drug-likeness (QED) is 0.599. The normalized spacial score (nSPS) is 18.6. The van der Waals surface area contributed by atoms with Gasteiger partial charge in [-0.3, -0.25) is 4.79 Å². The Bertz CT molecular complexity index is 953. The van der Waals surface area contributed by atoms with Gasteiger partial charge in [-0.2, -0.15) is 0 Å². The predicted octanol–water partition coefficient (Wildman–Crippen LogP) is 2.32. The molecule has 2 fully saturated rings. The number of ether oxygens (including phenoxy) is 3. The van der Waals surface area contributed by atoms with Crippen LogP contribution in [-0.2, 0) is 4.79 Å². The first-order chi connectivity index (χ1) is 16.6. The first kappa shape index (κ1) is 23.9. The highest BCUT2D eigenvalue weighted by Gasteiger charge is 2.28. The summed E-state index contributed by atoms with van der Waals surface area (Å²) in [5.41, 5.74) is 0.603. The standard InChI is InChI=1S/C24H33N5O5/c1-32-19-13-17(14-20(33-2)23(19)34-3)25-24(31)16-8-11-28(12-9-16)21-6-7-22(27-26-21)29-10-4-5-18(29)15-30/h6-7,13-14,16,18,30H,4-5,8-12,15H2,1-3H3,(H,25,31). The van der Waals surface area contributed by atoms with Gasteiger partial charge in [0.25, 0.3) is 0 Å². The molecule has 4 rings (SSSR count). The molecule has 1 aromatic heterocycles. The fourth-order valence-electron chi connectivity index (χ4n) is 4.74. The van der Waals surface area contributed by atoms with Crippen molar-refractivity contribution >= 4 is 23.2 Å². The summed E-state index contributed by atoms with van der Waals surface area (Å²) in [5.74, 6) is 2.96. The highest BCUT2D eigenvalue weighted by atomic mass is 16.5. The SMILES string of the molecule is COc1cc(NC(=O)C2CCN(c3ccc(N4CCCC4CO)nn3)CC2)cc(OC)c1OC. The molecule has 3 heterocycles. The summed E-state index contributed by atoms with van der Waals surface area (Å²) >= 11 is 0. The van der Waals surface area contributed by atoms with Crippen molar-refractivity contribution in [2.75, 3.05) is 62.7 Å². The molecule has 0 saturated carbocycles. The Morgan fingerprint density at radius 3 is 2.21 bits per heavy atom. The maximum absolute atomic E-state index is 12.9. The Labute approximate surface area is 199 Å². The number of hydrogen-bond donors (Lipinski definition) is 2. The maximum atomic E-state index is 12.9. The molecular formula is C24H33N5O5. The monoisotopic (exact) mass is 471 g/mol. The lowest BCUT2D eigenvalue weighted by Gasteiger charge is -2.32. The van der Waals surface area contributed by atoms with Crippen LogP contribution in [-0.4, -0.2) is 74.8 Å². The molecule has 184 valence electrons. The van der Waals surface area contributed by atoms with E-state index in [9.17, 15) is 9.90 Å². The van der Waals surface area contributed by atoms with Crippen molar-refractivity contribution < 1.29 is 24.1 Å². The van der Waals surface area contributed by atoms with Gasteiger partial charge in [0, 0.05) is 43.4 Å². The van der Waals surface area contributed by atoms with E-state index < -0.39 is 0 Å². The topological polar surface area (TPSA) is 109 Å². The zero-order chi connectivity index (χ0) is 24.1. The molecule has 1 unspecified atom stereocenters. The first-order valence-electron chi connectivity index (χ1n) is 11.6. The smallest absolute Gasteiger partial charge is 0.227 e. The summed E-state index contributed by atoms with van der Waals surface area (Å²) in [6.45, 7) is 2.48. The summed E-state index contributed by atoms with van der Waals surface area (Å²) in [6, 6.07) is 7.53. The molecule has 0 aliphatic carbocycles. The molecule has 2 N–H and O–H groups in total. The maximum Gasteiger partial charge on any atom is 0.227 e. The number of amides is 1. The van der Waals surface area contributed by atoms with Gasteiger partial charge in [-0.25, -0.2) is 0 Å². The van der Waals surface area contributed by atoms with E-state index in [2.05, 4.69) is 25.3 Å². The van der Waals surface area contributed by atoms with E-state index in [-0.39, 0.29) is 24.5 Å². The molecule has 2 aliphatic rings. The van der Waals surface area contributed by atoms with Crippen LogP contribution >= 0.6 is 0 Å². The highest BCUT2D eigenvalue weighted by molar-refractivity contribution is 5.93. The van der Waals surface area contributed by atoms with Gasteiger partial charge in [0.15, 0.2) is 23.1 Å². The third kappa shape index (κ3) is 4.96. The van der Waals surface area contributed by atoms with Crippen LogP contribution in [0.2, 0.25) is 0 Å². The van der Waals surface area contributed by atoms with Crippen molar-refractivity contribution in [3.05, 3.63) is 24.3 Å². The summed E-state index contributed by atoms with van der Waals surface area (Å²) in [4.78, 5) is 17.2. The number of carbonyl (C=O) groups excluding carboxylic acids is 1. The minimum Gasteiger partial charge on any atom is -0.493 e. The second kappa shape index (κ2) is 10.8. The molecule has 0 radical (unpaired) electrons. The van der Waals surface area contributed by atoms with Gasteiger partial charge >= 0.3 is 0 Å². The average molecular weight is 472 g/mol. The number of methoxy groups -OCH3 is 3. The van der Waals surface area contributed by atoms with Crippen molar-refractivity contribution in [3.8, 4) is 17.2 Å². The van der Waals surface area contributed by atoms with E-state index in [0.717, 1.165) is 57.0 Å². The molecule has 10 heteroatoms. The van der Waals surface area contributed by atoms with Gasteiger partial charge < -0.3 is 34.4 Å². The Morgan fingerprint density at radius 2 is 1.65 bits per heavy atom. The molecule has 0 bridgehead atoms. The van der Waals surface area contributed by atoms with Gasteiger partial charge in [0.2, 0.25) is 11.7 Å². The van der Waals surface area contributed by atoms with E-state index in [4.69, 9.17) is 14.2 Å². The number of piperidine rings is 1. The molecule has 2 aromatic rings. The van der Waals surface area contributed by atoms with Crippen LogP contribution in [0.5, 0.6) is 17.2 Å². The minimum absolute atomic E-state index is 0.0283. The third-order valence-electron chi connectivity index (χ3n) is 6.64. The summed E-state index contributed by atoms with van der Waals surface area (Å²) in [6.07, 6.45) is 3.47. The molecule has 1 atom stereocenters. The van der Waals surface area contributed by atoms with Crippen molar-refractivity contribution in [1.82, 2.24) is 10.2 Å². The van der Waals surface area contributed by atoms with E-state index in [1.54, 1.807) is 33.5 Å². The number of hydrogen-bond acceptors (Lipinski definition) is 9. The second-order valence-electron chi connectivity index (χ2n) is 8.59. The summed E-state index contributed by atoms with van der Waals surface area (Å²) < 4.78 is 16.1. The van der Waals surface area contributed by atoms with Crippen LogP contribution in [0.1, 0.15) is 25.7 Å². The van der Waals surface area contributed by atoms with E-state index in [1.807, 2.05) is 12.1 Å². The second-order valence-corrected chi connectivity index (χ2v) is 8.59. The van der Waals surface area contributed by atoms with Crippen molar-refractivity contribution in [2.45, 2.75) is 31.7 Å². The number of rotatable bonds is 8. The van der Waals surface area contributed by atoms with Crippen LogP contribution in [0.4, 0.5) is 17.3 Å². The number of aromatic nitrogens is 2. The summed E-state index contributed by atoms with van der Waals surface area (Å²) in [7, 11) is 4.64. The zero-order valence-electron chi connectivity index (χ0n) is 20.0. The molecule has 34 heavy (non-hydrogen) atoms. The Hall–Kier alpha value is -3.27. The molecule has 1 amide bonds. The largest absolute Gasteiger partial charge is 0.493 e. The van der Waals surface area contributed by atoms with Crippen LogP contribution in [0.3, 0.4) is 0 Å². The number of benzene rings is 1. The highest BCUT2D eigenvalue weighted by Crippen LogP contribution is 2.40. The lowest BCUT2D eigenvalue weighted by molar-refractivity contribution is -0.120. The molecule has 1 aromatic carbocycles. The Kier molecular flexibility index (Phi) is 7.56. The zero-order valence-corrected chi connectivity index (χ0v) is 20.0. The van der Waals surface area contributed by atoms with E-state index in [0.29, 0.717) is 22.9 Å². The third-order valence-corrected chi connectivity index (χ3v) is 6.64. The molecular weight excluding hydrogens is 438 g/mol. The number of nitrogens with one attached hydrogen (secondary N) is 1. The molecule has 2 saturated heterocycles. The number of anilines is 3. The first-order valence-corrected chi connectivity index (χ1v) is 11.6. The number of aliphatic hydroxyl groups excluding tert-OH is 1. The van der Waals surface area contributed by atoms with E-state index >= 15 is 0 Å². The van der Waals surface area contributed by atoms with Crippen LogP contribution in [0.15, 0.2) is 24.3 Å². The van der Waals surface area contributed by atoms with Gasteiger partial charge in [0.1, 0.15) is 0 Å². The Morgan fingerprint density at radius 1 is 1.00 bits per heavy atom. The van der Waals surface area contributed by atoms with E-state index in [1.165, 1.54) is 0 Å². The molecule has 2 aliphatic heterocycles. The fourth-order valence-corrected chi connectivity index (χ4v) is 4.74. The Balaban J connectivity index is 1.34. The van der Waals surface area contributed by atoms with Crippen LogP contribution < -0.4 is 29.3 Å². The minimum atomic E-state index is -0.0995. The number of carbonyl (C=O) groups is 1. The van der Waals surface area contributed by atoms with Gasteiger partial charge in [-0.1, -0.05) is 0 Å². The van der Waals surface area contributed by atoms with Gasteiger partial charge in [-0.15, -0.1) is 10.2 Å². The van der Waals surface area contributed by atoms with Crippen molar-refractivity contribution in [1.29, 1.82) is 0 Å². The van der Waals surface area contributed by atoms with Gasteiger partial charge in [0.05, 0.1) is 34.0 Å². The van der Waals surface area contributed by atoms with Crippen molar-refractivity contribution in [3.63, 3.8) is 0 Å².